The van der Waals surface area contributed by atoms with Gasteiger partial charge in [-0.2, -0.15) is 0 Å². The van der Waals surface area contributed by atoms with E-state index < -0.39 is 5.54 Å². The summed E-state index contributed by atoms with van der Waals surface area (Å²) >= 11 is 0. The number of nitrogens with one attached hydrogen (secondary N) is 1. The van der Waals surface area contributed by atoms with E-state index in [0.717, 1.165) is 25.7 Å². The average molecular weight is 228 g/mol. The molecule has 94 valence electrons. The maximum absolute atomic E-state index is 11.8. The fraction of sp³-hybridized carbons (Fsp3) is 0.917. The number of hydrogen-bond donors (Lipinski definition) is 3. The summed E-state index contributed by atoms with van der Waals surface area (Å²) in [6.07, 6.45) is 4.59. The largest absolute Gasteiger partial charge is 0.396 e. The van der Waals surface area contributed by atoms with Crippen LogP contribution in [0.4, 0.5) is 0 Å². The van der Waals surface area contributed by atoms with Crippen molar-refractivity contribution in [3.8, 4) is 0 Å². The fourth-order valence-electron chi connectivity index (χ4n) is 2.03. The Bertz CT molecular complexity index is 247. The second-order valence-corrected chi connectivity index (χ2v) is 5.32. The van der Waals surface area contributed by atoms with Gasteiger partial charge in [0.2, 0.25) is 5.91 Å². The molecule has 1 rings (SSSR count). The van der Waals surface area contributed by atoms with Crippen LogP contribution < -0.4 is 11.1 Å². The van der Waals surface area contributed by atoms with Gasteiger partial charge < -0.3 is 16.2 Å². The lowest BCUT2D eigenvalue weighted by Gasteiger charge is -2.24. The monoisotopic (exact) mass is 228 g/mol. The number of amides is 1. The molecule has 0 saturated heterocycles. The highest BCUT2D eigenvalue weighted by molar-refractivity contribution is 5.85. The van der Waals surface area contributed by atoms with Crippen LogP contribution in [-0.4, -0.2) is 29.7 Å². The second kappa shape index (κ2) is 5.15. The van der Waals surface area contributed by atoms with Gasteiger partial charge in [-0.1, -0.05) is 13.3 Å². The summed E-state index contributed by atoms with van der Waals surface area (Å²) in [5.41, 5.74) is 5.33. The quantitative estimate of drug-likeness (QED) is 0.603. The van der Waals surface area contributed by atoms with E-state index in [0.29, 0.717) is 13.0 Å². The zero-order chi connectivity index (χ0) is 12.2. The zero-order valence-electron chi connectivity index (χ0n) is 10.4. The molecule has 1 unspecified atom stereocenters. The van der Waals surface area contributed by atoms with Crippen molar-refractivity contribution in [2.75, 3.05) is 13.2 Å². The van der Waals surface area contributed by atoms with E-state index in [1.165, 1.54) is 0 Å². The molecule has 0 aliphatic heterocycles. The summed E-state index contributed by atoms with van der Waals surface area (Å²) in [6, 6.07) is 0. The lowest BCUT2D eigenvalue weighted by atomic mass is 9.95. The Morgan fingerprint density at radius 1 is 1.56 bits per heavy atom. The molecule has 1 amide bonds. The second-order valence-electron chi connectivity index (χ2n) is 5.32. The molecule has 1 saturated carbocycles. The molecule has 0 heterocycles. The van der Waals surface area contributed by atoms with E-state index >= 15 is 0 Å². The highest BCUT2D eigenvalue weighted by Crippen LogP contribution is 2.47. The van der Waals surface area contributed by atoms with Gasteiger partial charge in [-0.3, -0.25) is 4.79 Å². The average Bonchev–Trinajstić information content (AvgIpc) is 2.95. The summed E-state index contributed by atoms with van der Waals surface area (Å²) in [5.74, 6) is -0.0708. The normalized spacial score (nSPS) is 21.2. The Labute approximate surface area is 97.6 Å². The van der Waals surface area contributed by atoms with E-state index in [-0.39, 0.29) is 17.9 Å². The number of aliphatic hydroxyl groups excluding tert-OH is 1. The molecule has 0 aromatic heterocycles. The van der Waals surface area contributed by atoms with Gasteiger partial charge in [0, 0.05) is 13.2 Å². The summed E-state index contributed by atoms with van der Waals surface area (Å²) in [7, 11) is 0. The predicted octanol–water partition coefficient (Wildman–Crippen LogP) is 0.783. The Hall–Kier alpha value is -0.610. The van der Waals surface area contributed by atoms with Crippen LogP contribution in [0.1, 0.15) is 46.0 Å². The molecule has 4 N–H and O–H groups in total. The van der Waals surface area contributed by atoms with Crippen molar-refractivity contribution in [2.45, 2.75) is 51.5 Å². The molecule has 0 bridgehead atoms. The van der Waals surface area contributed by atoms with Gasteiger partial charge in [0.15, 0.2) is 0 Å². The minimum absolute atomic E-state index is 0.0708. The molecule has 0 spiro atoms. The van der Waals surface area contributed by atoms with Gasteiger partial charge in [0.25, 0.3) is 0 Å². The van der Waals surface area contributed by atoms with Crippen molar-refractivity contribution >= 4 is 5.91 Å². The molecule has 1 aliphatic rings. The van der Waals surface area contributed by atoms with Crippen molar-refractivity contribution in [1.29, 1.82) is 0 Å². The summed E-state index contributed by atoms with van der Waals surface area (Å²) < 4.78 is 0. The summed E-state index contributed by atoms with van der Waals surface area (Å²) in [4.78, 5) is 11.8. The number of carbonyl (C=O) groups excluding carboxylic acids is 1. The van der Waals surface area contributed by atoms with Crippen LogP contribution >= 0.6 is 0 Å². The first-order valence-corrected chi connectivity index (χ1v) is 6.14. The number of rotatable bonds is 7. The van der Waals surface area contributed by atoms with Crippen molar-refractivity contribution in [2.24, 2.45) is 11.1 Å². The van der Waals surface area contributed by atoms with Gasteiger partial charge in [-0.15, -0.1) is 0 Å². The predicted molar refractivity (Wildman–Crippen MR) is 63.9 cm³/mol. The maximum atomic E-state index is 11.8. The van der Waals surface area contributed by atoms with Gasteiger partial charge >= 0.3 is 0 Å². The van der Waals surface area contributed by atoms with Crippen LogP contribution in [0.15, 0.2) is 0 Å². The Morgan fingerprint density at radius 3 is 2.62 bits per heavy atom. The van der Waals surface area contributed by atoms with E-state index in [1.807, 2.05) is 6.92 Å². The van der Waals surface area contributed by atoms with Gasteiger partial charge in [0.05, 0.1) is 5.54 Å². The van der Waals surface area contributed by atoms with E-state index in [1.54, 1.807) is 6.92 Å². The third kappa shape index (κ3) is 3.46. The van der Waals surface area contributed by atoms with Crippen molar-refractivity contribution in [3.63, 3.8) is 0 Å². The van der Waals surface area contributed by atoms with Crippen molar-refractivity contribution in [1.82, 2.24) is 5.32 Å². The minimum Gasteiger partial charge on any atom is -0.396 e. The highest BCUT2D eigenvalue weighted by atomic mass is 16.3. The summed E-state index contributed by atoms with van der Waals surface area (Å²) in [5, 5.41) is 11.8. The zero-order valence-corrected chi connectivity index (χ0v) is 10.4. The molecule has 0 aromatic carbocycles. The van der Waals surface area contributed by atoms with Crippen LogP contribution in [0, 0.1) is 5.41 Å². The number of carbonyl (C=O) groups is 1. The van der Waals surface area contributed by atoms with Crippen LogP contribution in [0.2, 0.25) is 0 Å². The standard InChI is InChI=1S/C12H24N2O2/c1-3-4-11(2,13)10(16)14-9-12(5-6-12)7-8-15/h15H,3-9,13H2,1-2H3,(H,14,16). The van der Waals surface area contributed by atoms with Crippen LogP contribution in [0.5, 0.6) is 0 Å². The van der Waals surface area contributed by atoms with Crippen molar-refractivity contribution in [3.05, 3.63) is 0 Å². The highest BCUT2D eigenvalue weighted by Gasteiger charge is 2.42. The molecule has 16 heavy (non-hydrogen) atoms. The molecule has 4 nitrogen and oxygen atoms in total. The SMILES string of the molecule is CCCC(C)(N)C(=O)NCC1(CCO)CC1. The van der Waals surface area contributed by atoms with Gasteiger partial charge in [0.1, 0.15) is 0 Å². The third-order valence-electron chi connectivity index (χ3n) is 3.51. The fourth-order valence-corrected chi connectivity index (χ4v) is 2.03. The van der Waals surface area contributed by atoms with Gasteiger partial charge in [-0.05, 0) is 38.0 Å². The van der Waals surface area contributed by atoms with Crippen molar-refractivity contribution < 1.29 is 9.90 Å². The Balaban J connectivity index is 2.35. The lowest BCUT2D eigenvalue weighted by molar-refractivity contribution is -0.126. The third-order valence-corrected chi connectivity index (χ3v) is 3.51. The molecule has 0 aromatic rings. The maximum Gasteiger partial charge on any atom is 0.239 e. The first kappa shape index (κ1) is 13.5. The number of hydrogen-bond acceptors (Lipinski definition) is 3. The van der Waals surface area contributed by atoms with Crippen LogP contribution in [0.3, 0.4) is 0 Å². The van der Waals surface area contributed by atoms with E-state index in [4.69, 9.17) is 10.8 Å². The first-order valence-electron chi connectivity index (χ1n) is 6.14. The number of aliphatic hydroxyl groups is 1. The van der Waals surface area contributed by atoms with Gasteiger partial charge in [-0.25, -0.2) is 0 Å². The molecular formula is C12H24N2O2. The molecule has 1 fully saturated rings. The number of nitrogens with two attached hydrogens (primary N) is 1. The molecular weight excluding hydrogens is 204 g/mol. The topological polar surface area (TPSA) is 75.4 Å². The lowest BCUT2D eigenvalue weighted by Crippen LogP contribution is -2.52. The first-order chi connectivity index (χ1) is 7.46. The molecule has 4 heteroatoms. The molecule has 1 atom stereocenters. The smallest absolute Gasteiger partial charge is 0.239 e. The molecule has 0 radical (unpaired) electrons. The molecule has 1 aliphatic carbocycles. The van der Waals surface area contributed by atoms with Crippen LogP contribution in [0.25, 0.3) is 0 Å². The van der Waals surface area contributed by atoms with E-state index in [2.05, 4.69) is 5.32 Å². The minimum atomic E-state index is -0.760. The Kier molecular flexibility index (Phi) is 4.33. The van der Waals surface area contributed by atoms with Crippen LogP contribution in [-0.2, 0) is 4.79 Å². The summed E-state index contributed by atoms with van der Waals surface area (Å²) in [6.45, 7) is 4.65. The Morgan fingerprint density at radius 2 is 2.19 bits per heavy atom. The van der Waals surface area contributed by atoms with E-state index in [9.17, 15) is 4.79 Å².